The molecule has 198 valence electrons. The molecule has 0 bridgehead atoms. The maximum Gasteiger partial charge on any atom is 0.227 e. The smallest absolute Gasteiger partial charge is 0.227 e. The van der Waals surface area contributed by atoms with Crippen LogP contribution in [0.3, 0.4) is 0 Å². The van der Waals surface area contributed by atoms with Crippen LogP contribution in [0.5, 0.6) is 0 Å². The van der Waals surface area contributed by atoms with Crippen molar-refractivity contribution in [3.05, 3.63) is 158 Å². The van der Waals surface area contributed by atoms with Crippen molar-refractivity contribution in [2.45, 2.75) is 0 Å². The zero-order chi connectivity index (χ0) is 27.9. The molecule has 0 aliphatic heterocycles. The van der Waals surface area contributed by atoms with Gasteiger partial charge in [0.1, 0.15) is 5.52 Å². The fraction of sp³-hybridized carbons (Fsp3) is 0. The molecule has 1 aromatic heterocycles. The average Bonchev–Trinajstić information content (AvgIpc) is 3.52. The Kier molecular flexibility index (Phi) is 5.79. The Labute approximate surface area is 243 Å². The van der Waals surface area contributed by atoms with Crippen LogP contribution in [-0.4, -0.2) is 4.98 Å². The fourth-order valence-electron chi connectivity index (χ4n) is 5.87. The van der Waals surface area contributed by atoms with Crippen LogP contribution >= 0.6 is 0 Å². The van der Waals surface area contributed by atoms with Crippen molar-refractivity contribution in [3.8, 4) is 22.6 Å². The van der Waals surface area contributed by atoms with E-state index in [1.165, 1.54) is 21.9 Å². The minimum atomic E-state index is 0.613. The van der Waals surface area contributed by atoms with Gasteiger partial charge in [-0.1, -0.05) is 115 Å². The number of hydrogen-bond donors (Lipinski definition) is 0. The third-order valence-electron chi connectivity index (χ3n) is 7.87. The van der Waals surface area contributed by atoms with Crippen molar-refractivity contribution in [2.24, 2.45) is 0 Å². The van der Waals surface area contributed by atoms with E-state index < -0.39 is 0 Å². The first kappa shape index (κ1) is 24.2. The highest BCUT2D eigenvalue weighted by Gasteiger charge is 2.22. The lowest BCUT2D eigenvalue weighted by Gasteiger charge is -2.26. The molecule has 1 heterocycles. The van der Waals surface area contributed by atoms with Gasteiger partial charge in [0, 0.05) is 22.3 Å². The van der Waals surface area contributed by atoms with Gasteiger partial charge in [-0.15, -0.1) is 0 Å². The van der Waals surface area contributed by atoms with Gasteiger partial charge in [-0.25, -0.2) is 4.98 Å². The highest BCUT2D eigenvalue weighted by atomic mass is 16.3. The lowest BCUT2D eigenvalue weighted by Crippen LogP contribution is -2.10. The minimum absolute atomic E-state index is 0.613. The van der Waals surface area contributed by atoms with Crippen molar-refractivity contribution >= 4 is 49.7 Å². The maximum absolute atomic E-state index is 6.61. The summed E-state index contributed by atoms with van der Waals surface area (Å²) >= 11 is 0. The Balaban J connectivity index is 1.34. The lowest BCUT2D eigenvalue weighted by molar-refractivity contribution is 0.620. The number of nitrogens with zero attached hydrogens (tertiary/aromatic N) is 2. The molecular weight excluding hydrogens is 512 g/mol. The molecule has 8 rings (SSSR count). The Bertz CT molecular complexity index is 2180. The van der Waals surface area contributed by atoms with Crippen LogP contribution in [0.15, 0.2) is 162 Å². The summed E-state index contributed by atoms with van der Waals surface area (Å²) in [6.45, 7) is 0. The van der Waals surface area contributed by atoms with E-state index in [1.807, 2.05) is 36.4 Å². The van der Waals surface area contributed by atoms with E-state index in [0.29, 0.717) is 5.89 Å². The number of hydrogen-bond acceptors (Lipinski definition) is 3. The molecule has 0 saturated heterocycles. The lowest BCUT2D eigenvalue weighted by atomic mass is 9.98. The normalized spacial score (nSPS) is 11.3. The van der Waals surface area contributed by atoms with Crippen molar-refractivity contribution in [1.29, 1.82) is 0 Å². The zero-order valence-electron chi connectivity index (χ0n) is 22.8. The Morgan fingerprint density at radius 3 is 1.88 bits per heavy atom. The number of benzene rings is 7. The van der Waals surface area contributed by atoms with E-state index in [2.05, 4.69) is 126 Å². The van der Waals surface area contributed by atoms with Crippen molar-refractivity contribution < 1.29 is 4.42 Å². The SMILES string of the molecule is c1ccc(-c2nc3c(o2)c(N(c2ccccc2)c2ccc(-c4cccc5ccccc45)cc2)cc2ccccc23)cc1. The first-order chi connectivity index (χ1) is 20.8. The summed E-state index contributed by atoms with van der Waals surface area (Å²) in [4.78, 5) is 7.30. The summed E-state index contributed by atoms with van der Waals surface area (Å²) in [5, 5.41) is 4.67. The van der Waals surface area contributed by atoms with E-state index in [9.17, 15) is 0 Å². The third kappa shape index (κ3) is 4.11. The number of para-hydroxylation sites is 1. The molecule has 0 N–H and O–H groups in total. The molecule has 0 spiro atoms. The number of rotatable bonds is 5. The van der Waals surface area contributed by atoms with Crippen molar-refractivity contribution in [1.82, 2.24) is 4.98 Å². The van der Waals surface area contributed by atoms with Gasteiger partial charge in [0.2, 0.25) is 5.89 Å². The number of anilines is 3. The minimum Gasteiger partial charge on any atom is -0.434 e. The second-order valence-electron chi connectivity index (χ2n) is 10.4. The van der Waals surface area contributed by atoms with Gasteiger partial charge in [-0.05, 0) is 69.8 Å². The number of aromatic nitrogens is 1. The molecule has 3 heteroatoms. The molecular formula is C39H26N2O. The largest absolute Gasteiger partial charge is 0.434 e. The van der Waals surface area contributed by atoms with E-state index in [-0.39, 0.29) is 0 Å². The van der Waals surface area contributed by atoms with E-state index >= 15 is 0 Å². The number of fused-ring (bicyclic) bond motifs is 4. The standard InChI is InChI=1S/C39H26N2O/c1-3-13-29(14-4-1)39-40-37-35-20-10-8-15-30(35)26-36(38(37)42-39)41(31-17-5-2-6-18-31)32-24-22-28(23-25-32)34-21-11-16-27-12-7-9-19-33(27)34/h1-26H. The van der Waals surface area contributed by atoms with Crippen molar-refractivity contribution in [3.63, 3.8) is 0 Å². The summed E-state index contributed by atoms with van der Waals surface area (Å²) in [5.74, 6) is 0.613. The molecule has 7 aromatic carbocycles. The molecule has 0 atom stereocenters. The molecule has 42 heavy (non-hydrogen) atoms. The predicted octanol–water partition coefficient (Wildman–Crippen LogP) is 10.9. The van der Waals surface area contributed by atoms with Crippen LogP contribution in [0.25, 0.3) is 55.2 Å². The fourth-order valence-corrected chi connectivity index (χ4v) is 5.87. The summed E-state index contributed by atoms with van der Waals surface area (Å²) in [5.41, 5.74) is 8.01. The highest BCUT2D eigenvalue weighted by Crippen LogP contribution is 2.43. The quantitative estimate of drug-likeness (QED) is 0.218. The average molecular weight is 539 g/mol. The number of oxazole rings is 1. The summed E-state index contributed by atoms with van der Waals surface area (Å²) in [6, 6.07) is 55.0. The van der Waals surface area contributed by atoms with Crippen LogP contribution in [0.2, 0.25) is 0 Å². The predicted molar refractivity (Wildman–Crippen MR) is 175 cm³/mol. The molecule has 0 aliphatic carbocycles. The summed E-state index contributed by atoms with van der Waals surface area (Å²) in [6.07, 6.45) is 0. The van der Waals surface area contributed by atoms with Gasteiger partial charge in [-0.2, -0.15) is 0 Å². The van der Waals surface area contributed by atoms with Crippen LogP contribution in [-0.2, 0) is 0 Å². The van der Waals surface area contributed by atoms with Crippen LogP contribution in [0.1, 0.15) is 0 Å². The zero-order valence-corrected chi connectivity index (χ0v) is 22.8. The second-order valence-corrected chi connectivity index (χ2v) is 10.4. The first-order valence-corrected chi connectivity index (χ1v) is 14.1. The van der Waals surface area contributed by atoms with Crippen LogP contribution in [0, 0.1) is 0 Å². The molecule has 0 saturated carbocycles. The topological polar surface area (TPSA) is 29.3 Å². The van der Waals surface area contributed by atoms with Crippen molar-refractivity contribution in [2.75, 3.05) is 4.90 Å². The molecule has 0 unspecified atom stereocenters. The molecule has 3 nitrogen and oxygen atoms in total. The Morgan fingerprint density at radius 1 is 0.476 bits per heavy atom. The molecule has 8 aromatic rings. The van der Waals surface area contributed by atoms with Gasteiger partial charge >= 0.3 is 0 Å². The highest BCUT2D eigenvalue weighted by molar-refractivity contribution is 6.11. The van der Waals surface area contributed by atoms with Crippen LogP contribution < -0.4 is 4.90 Å². The van der Waals surface area contributed by atoms with E-state index in [4.69, 9.17) is 9.40 Å². The first-order valence-electron chi connectivity index (χ1n) is 14.1. The summed E-state index contributed by atoms with van der Waals surface area (Å²) < 4.78 is 6.61. The van der Waals surface area contributed by atoms with Gasteiger partial charge in [0.15, 0.2) is 5.58 Å². The third-order valence-corrected chi connectivity index (χ3v) is 7.87. The van der Waals surface area contributed by atoms with Gasteiger partial charge in [-0.3, -0.25) is 0 Å². The summed E-state index contributed by atoms with van der Waals surface area (Å²) in [7, 11) is 0. The van der Waals surface area contributed by atoms with E-state index in [1.54, 1.807) is 0 Å². The molecule has 0 amide bonds. The maximum atomic E-state index is 6.61. The monoisotopic (exact) mass is 538 g/mol. The Hall–Kier alpha value is -5.67. The molecule has 0 fully saturated rings. The van der Waals surface area contributed by atoms with Crippen LogP contribution in [0.4, 0.5) is 17.1 Å². The van der Waals surface area contributed by atoms with Gasteiger partial charge in [0.05, 0.1) is 5.69 Å². The second kappa shape index (κ2) is 10.1. The molecule has 0 radical (unpaired) electrons. The Morgan fingerprint density at radius 2 is 1.10 bits per heavy atom. The van der Waals surface area contributed by atoms with E-state index in [0.717, 1.165) is 44.5 Å². The molecule has 0 aliphatic rings. The van der Waals surface area contributed by atoms with Gasteiger partial charge < -0.3 is 9.32 Å². The van der Waals surface area contributed by atoms with Gasteiger partial charge in [0.25, 0.3) is 0 Å².